The second kappa shape index (κ2) is 5.17. The van der Waals surface area contributed by atoms with Crippen molar-refractivity contribution in [3.63, 3.8) is 0 Å². The highest BCUT2D eigenvalue weighted by Crippen LogP contribution is 2.36. The number of esters is 1. The lowest BCUT2D eigenvalue weighted by molar-refractivity contribution is -0.146. The van der Waals surface area contributed by atoms with Crippen LogP contribution < -0.4 is 0 Å². The van der Waals surface area contributed by atoms with Crippen LogP contribution in [0.1, 0.15) is 17.9 Å². The molecule has 2 nitrogen and oxygen atoms in total. The van der Waals surface area contributed by atoms with Crippen LogP contribution in [0.15, 0.2) is 53.0 Å². The van der Waals surface area contributed by atoms with Crippen molar-refractivity contribution >= 4 is 32.7 Å². The molecule has 1 fully saturated rings. The number of carbonyl (C=O) groups is 1. The summed E-state index contributed by atoms with van der Waals surface area (Å²) in [5, 5.41) is 2.26. The minimum atomic E-state index is -0.292. The van der Waals surface area contributed by atoms with Crippen molar-refractivity contribution in [2.75, 3.05) is 6.61 Å². The SMILES string of the molecule is O=C1OCC/C(=C\Br)C1c1cccc2ccccc12. The molecule has 0 aromatic heterocycles. The van der Waals surface area contributed by atoms with E-state index >= 15 is 0 Å². The fourth-order valence-corrected chi connectivity index (χ4v) is 3.09. The van der Waals surface area contributed by atoms with E-state index in [0.717, 1.165) is 28.3 Å². The third kappa shape index (κ3) is 2.19. The Morgan fingerprint density at radius 3 is 2.79 bits per heavy atom. The van der Waals surface area contributed by atoms with Crippen LogP contribution in [-0.4, -0.2) is 12.6 Å². The van der Waals surface area contributed by atoms with Gasteiger partial charge >= 0.3 is 5.97 Å². The Morgan fingerprint density at radius 1 is 1.16 bits per heavy atom. The number of cyclic esters (lactones) is 1. The highest BCUT2D eigenvalue weighted by molar-refractivity contribution is 9.11. The van der Waals surface area contributed by atoms with Crippen molar-refractivity contribution in [2.45, 2.75) is 12.3 Å². The zero-order chi connectivity index (χ0) is 13.2. The van der Waals surface area contributed by atoms with E-state index in [9.17, 15) is 4.79 Å². The molecule has 3 rings (SSSR count). The number of hydrogen-bond acceptors (Lipinski definition) is 2. The third-order valence-electron chi connectivity index (χ3n) is 3.52. The lowest BCUT2D eigenvalue weighted by atomic mass is 9.86. The summed E-state index contributed by atoms with van der Waals surface area (Å²) in [5.41, 5.74) is 2.10. The van der Waals surface area contributed by atoms with E-state index in [4.69, 9.17) is 4.74 Å². The van der Waals surface area contributed by atoms with Gasteiger partial charge in [-0.1, -0.05) is 58.4 Å². The molecule has 1 saturated heterocycles. The summed E-state index contributed by atoms with van der Waals surface area (Å²) in [6.07, 6.45) is 0.783. The molecule has 1 aliphatic rings. The zero-order valence-electron chi connectivity index (χ0n) is 10.3. The monoisotopic (exact) mass is 316 g/mol. The Morgan fingerprint density at radius 2 is 1.95 bits per heavy atom. The maximum Gasteiger partial charge on any atom is 0.317 e. The molecule has 2 aromatic carbocycles. The van der Waals surface area contributed by atoms with Gasteiger partial charge in [-0.15, -0.1) is 0 Å². The lowest BCUT2D eigenvalue weighted by Crippen LogP contribution is -2.24. The fraction of sp³-hybridized carbons (Fsp3) is 0.188. The minimum Gasteiger partial charge on any atom is -0.465 e. The summed E-state index contributed by atoms with van der Waals surface area (Å²) in [6.45, 7) is 0.470. The topological polar surface area (TPSA) is 26.3 Å². The van der Waals surface area contributed by atoms with Crippen molar-refractivity contribution in [3.8, 4) is 0 Å². The Balaban J connectivity index is 2.20. The summed E-state index contributed by atoms with van der Waals surface area (Å²) in [7, 11) is 0. The molecule has 0 radical (unpaired) electrons. The third-order valence-corrected chi connectivity index (χ3v) is 4.10. The first-order valence-electron chi connectivity index (χ1n) is 6.24. The predicted molar refractivity (Wildman–Crippen MR) is 79.3 cm³/mol. The van der Waals surface area contributed by atoms with Crippen molar-refractivity contribution in [3.05, 3.63) is 58.6 Å². The fourth-order valence-electron chi connectivity index (χ4n) is 2.59. The largest absolute Gasteiger partial charge is 0.465 e. The standard InChI is InChI=1S/C16H13BrO2/c17-10-12-8-9-19-16(18)15(12)14-7-3-5-11-4-1-2-6-13(11)14/h1-7,10,15H,8-9H2/b12-10+. The highest BCUT2D eigenvalue weighted by atomic mass is 79.9. The summed E-state index contributed by atoms with van der Waals surface area (Å²) < 4.78 is 5.23. The summed E-state index contributed by atoms with van der Waals surface area (Å²) in [6, 6.07) is 14.2. The number of carbonyl (C=O) groups excluding carboxylic acids is 1. The average molecular weight is 317 g/mol. The molecule has 0 N–H and O–H groups in total. The van der Waals surface area contributed by atoms with Crippen LogP contribution in [0.5, 0.6) is 0 Å². The molecule has 2 aromatic rings. The molecule has 0 spiro atoms. The highest BCUT2D eigenvalue weighted by Gasteiger charge is 2.31. The number of rotatable bonds is 1. The van der Waals surface area contributed by atoms with Crippen LogP contribution in [0.3, 0.4) is 0 Å². The molecular weight excluding hydrogens is 304 g/mol. The van der Waals surface area contributed by atoms with Crippen LogP contribution in [0.2, 0.25) is 0 Å². The van der Waals surface area contributed by atoms with Gasteiger partial charge < -0.3 is 4.74 Å². The summed E-state index contributed by atoms with van der Waals surface area (Å²) >= 11 is 3.37. The van der Waals surface area contributed by atoms with Gasteiger partial charge in [0.05, 0.1) is 6.61 Å². The van der Waals surface area contributed by atoms with Crippen LogP contribution in [0.4, 0.5) is 0 Å². The molecule has 3 heteroatoms. The normalized spacial score (nSPS) is 21.6. The van der Waals surface area contributed by atoms with Gasteiger partial charge in [0.15, 0.2) is 0 Å². The van der Waals surface area contributed by atoms with E-state index in [0.29, 0.717) is 6.61 Å². The molecule has 1 aliphatic heterocycles. The first kappa shape index (κ1) is 12.4. The summed E-state index contributed by atoms with van der Waals surface area (Å²) in [5.74, 6) is -0.451. The van der Waals surface area contributed by atoms with Gasteiger partial charge in [-0.3, -0.25) is 4.79 Å². The number of benzene rings is 2. The second-order valence-electron chi connectivity index (χ2n) is 4.60. The van der Waals surface area contributed by atoms with Gasteiger partial charge in [-0.05, 0) is 26.9 Å². The van der Waals surface area contributed by atoms with E-state index in [-0.39, 0.29) is 11.9 Å². The molecule has 1 atom stereocenters. The average Bonchev–Trinajstić information content (AvgIpc) is 2.46. The smallest absolute Gasteiger partial charge is 0.317 e. The Kier molecular flexibility index (Phi) is 3.38. The van der Waals surface area contributed by atoms with Crippen LogP contribution in [-0.2, 0) is 9.53 Å². The van der Waals surface area contributed by atoms with E-state index in [1.54, 1.807) is 0 Å². The number of halogens is 1. The predicted octanol–water partition coefficient (Wildman–Crippen LogP) is 4.15. The van der Waals surface area contributed by atoms with Gasteiger partial charge in [0.25, 0.3) is 0 Å². The van der Waals surface area contributed by atoms with E-state index in [2.05, 4.69) is 34.1 Å². The van der Waals surface area contributed by atoms with Gasteiger partial charge in [0.2, 0.25) is 0 Å². The van der Waals surface area contributed by atoms with E-state index < -0.39 is 0 Å². The molecule has 0 saturated carbocycles. The van der Waals surface area contributed by atoms with Crippen molar-refractivity contribution in [1.82, 2.24) is 0 Å². The summed E-state index contributed by atoms with van der Waals surface area (Å²) in [4.78, 5) is 14.0. The Bertz CT molecular complexity index is 655. The maximum atomic E-state index is 12.1. The molecule has 0 aliphatic carbocycles. The van der Waals surface area contributed by atoms with Crippen molar-refractivity contribution in [1.29, 1.82) is 0 Å². The van der Waals surface area contributed by atoms with Crippen LogP contribution >= 0.6 is 15.9 Å². The quantitative estimate of drug-likeness (QED) is 0.739. The number of hydrogen-bond donors (Lipinski definition) is 0. The van der Waals surface area contributed by atoms with Crippen molar-refractivity contribution in [2.24, 2.45) is 0 Å². The zero-order valence-corrected chi connectivity index (χ0v) is 11.9. The van der Waals surface area contributed by atoms with Gasteiger partial charge in [-0.2, -0.15) is 0 Å². The maximum absolute atomic E-state index is 12.1. The Hall–Kier alpha value is -1.61. The number of fused-ring (bicyclic) bond motifs is 1. The number of ether oxygens (including phenoxy) is 1. The lowest BCUT2D eigenvalue weighted by Gasteiger charge is -2.25. The second-order valence-corrected chi connectivity index (χ2v) is 5.06. The molecule has 0 amide bonds. The Labute approximate surface area is 120 Å². The molecule has 19 heavy (non-hydrogen) atoms. The van der Waals surface area contributed by atoms with Gasteiger partial charge in [-0.25, -0.2) is 0 Å². The molecular formula is C16H13BrO2. The van der Waals surface area contributed by atoms with Gasteiger partial charge in [0, 0.05) is 6.42 Å². The molecule has 0 bridgehead atoms. The molecule has 96 valence electrons. The van der Waals surface area contributed by atoms with E-state index in [1.165, 1.54) is 0 Å². The van der Waals surface area contributed by atoms with Gasteiger partial charge in [0.1, 0.15) is 5.92 Å². The minimum absolute atomic E-state index is 0.159. The van der Waals surface area contributed by atoms with Crippen LogP contribution in [0.25, 0.3) is 10.8 Å². The molecule has 1 heterocycles. The van der Waals surface area contributed by atoms with Crippen molar-refractivity contribution < 1.29 is 9.53 Å². The molecule has 1 unspecified atom stereocenters. The first-order valence-corrected chi connectivity index (χ1v) is 7.16. The van der Waals surface area contributed by atoms with E-state index in [1.807, 2.05) is 29.3 Å². The van der Waals surface area contributed by atoms with Crippen LogP contribution in [0, 0.1) is 0 Å². The first-order chi connectivity index (χ1) is 9.31.